The lowest BCUT2D eigenvalue weighted by molar-refractivity contribution is -0.387. The Morgan fingerprint density at radius 1 is 0.410 bits per heavy atom. The molecule has 51 heteroatoms. The van der Waals surface area contributed by atoms with Crippen LogP contribution < -0.4 is 16.9 Å². The summed E-state index contributed by atoms with van der Waals surface area (Å²) >= 11 is 52.2. The lowest BCUT2D eigenvalue weighted by Gasteiger charge is -2.07. The zero-order valence-electron chi connectivity index (χ0n) is 65.4. The number of nitrogens with one attached hydrogen (secondary N) is 3. The van der Waals surface area contributed by atoms with Gasteiger partial charge in [0, 0.05) is 123 Å². The molecule has 0 unspecified atom stereocenters. The number of carboxylic acid groups (broad SMARTS) is 1. The van der Waals surface area contributed by atoms with E-state index in [1.807, 2.05) is 18.3 Å². The standard InChI is InChI=1S/C21H10BrCl2F2N3O2.C14H6BrF2N3O3.C14H8BrF2N3O.C7H5BrN2.C7H3Cl3O.C7H2ClF2NO3.C7H3F2NO4.C6H6BClO2/c22-9-6-10-11(19(30)17-14(25)4-5-15(27)18(17)26)8-29(20(10)28-7-9)21(31)16-12(23)2-1-3-13(16)24;15-6-3-7-8(5-19-14(7)18-4-6)13(21)11-9(16)1-2-10(12(11)17)20(22)23;15-6-3-7-8(5-20-14(7)19-4-6)13(21)11-9(16)1-2-10(18)12(11)17;8-6-3-5-1-2-9-7(5)10-4-6;8-4-2-1-3-5(9)6(4)7(10)11;8-7(12)5-3(9)1-2-4(6(5)10)11(13)14;8-3-1-2-4(10(13)14)6(9)5(3)7(11)12;8-6-3-1-5(2-4-6)7(9)10/h1-8H,27H2;1-5H,(H,18,19);1-5H,18H2,(H,19,20);1-4H,(H,9,10);1-3H;1-2H;1-2H,(H,11,12);1-4,9-10H. The molecule has 0 spiro atoms. The third-order valence-corrected chi connectivity index (χ3v) is 21.2. The second-order valence-corrected chi connectivity index (χ2v) is 32.4. The third-order valence-electron chi connectivity index (χ3n) is 17.6. The summed E-state index contributed by atoms with van der Waals surface area (Å²) in [5.74, 6) is -18.1. The van der Waals surface area contributed by atoms with Crippen LogP contribution in [0, 0.1) is 88.5 Å². The molecule has 0 amide bonds. The second kappa shape index (κ2) is 46.1. The van der Waals surface area contributed by atoms with E-state index in [1.54, 1.807) is 73.1 Å². The van der Waals surface area contributed by atoms with Crippen molar-refractivity contribution in [1.82, 2.24) is 39.5 Å². The van der Waals surface area contributed by atoms with Gasteiger partial charge in [0.15, 0.2) is 11.6 Å². The molecular formula is C83H43BBr4Cl7F10N13O16. The van der Waals surface area contributed by atoms with E-state index < -0.39 is 165 Å². The van der Waals surface area contributed by atoms with Gasteiger partial charge in [0.1, 0.15) is 68.4 Å². The maximum atomic E-state index is 14.5. The van der Waals surface area contributed by atoms with Gasteiger partial charge in [-0.05, 0) is 202 Å². The van der Waals surface area contributed by atoms with Gasteiger partial charge in [-0.25, -0.2) is 55.5 Å². The van der Waals surface area contributed by atoms with Gasteiger partial charge in [0.2, 0.25) is 34.8 Å². The average Bonchev–Trinajstić information content (AvgIpc) is 1.61. The van der Waals surface area contributed by atoms with Gasteiger partial charge in [-0.15, -0.1) is 0 Å². The van der Waals surface area contributed by atoms with E-state index in [9.17, 15) is 108 Å². The summed E-state index contributed by atoms with van der Waals surface area (Å²) in [5, 5.41) is 58.1. The van der Waals surface area contributed by atoms with Crippen molar-refractivity contribution in [3.63, 3.8) is 0 Å². The van der Waals surface area contributed by atoms with Crippen LogP contribution in [0.3, 0.4) is 0 Å². The molecule has 0 aliphatic heterocycles. The summed E-state index contributed by atoms with van der Waals surface area (Å²) in [4.78, 5) is 136. The second-order valence-electron chi connectivity index (χ2n) is 26.0. The number of carbonyl (C=O) groups is 7. The first-order valence-corrected chi connectivity index (χ1v) is 41.7. The Morgan fingerprint density at radius 2 is 0.761 bits per heavy atom. The summed E-state index contributed by atoms with van der Waals surface area (Å²) in [5.41, 5.74) is 4.68. The fraction of sp³-hybridized carbons (Fsp3) is 0. The Morgan fingerprint density at radius 3 is 1.16 bits per heavy atom. The number of nitrogen functional groups attached to an aromatic ring is 2. The Kier molecular flexibility index (Phi) is 36.1. The number of fused-ring (bicyclic) bond motifs is 4. The van der Waals surface area contributed by atoms with Crippen LogP contribution in [0.25, 0.3) is 44.1 Å². The minimum Gasteiger partial charge on any atom is -0.477 e. The predicted octanol–water partition coefficient (Wildman–Crippen LogP) is 22.6. The number of nitrogens with zero attached hydrogens (tertiary/aromatic N) is 8. The van der Waals surface area contributed by atoms with Crippen molar-refractivity contribution in [2.75, 3.05) is 11.5 Å². The van der Waals surface area contributed by atoms with Crippen molar-refractivity contribution in [3.8, 4) is 0 Å². The van der Waals surface area contributed by atoms with Gasteiger partial charge in [-0.2, -0.15) is 13.2 Å². The number of hydrogen-bond donors (Lipinski definition) is 8. The minimum atomic E-state index is -1.89. The summed E-state index contributed by atoms with van der Waals surface area (Å²) in [6, 6.07) is 32.0. The number of rotatable bonds is 14. The number of nitro benzene ring substituents is 3. The quantitative estimate of drug-likeness (QED) is 0.00953. The topological polar surface area (TPSA) is 466 Å². The molecule has 0 saturated heterocycles. The van der Waals surface area contributed by atoms with Crippen LogP contribution in [-0.4, -0.2) is 116 Å². The van der Waals surface area contributed by atoms with Crippen LogP contribution in [-0.2, 0) is 0 Å². The van der Waals surface area contributed by atoms with Crippen molar-refractivity contribution < 1.29 is 107 Å². The smallest absolute Gasteiger partial charge is 0.477 e. The number of benzene rings is 8. The van der Waals surface area contributed by atoms with Crippen LogP contribution in [0.4, 0.5) is 72.3 Å². The Bertz CT molecular complexity index is 7290. The average molecular weight is 2250 g/mol. The molecule has 0 fully saturated rings. The van der Waals surface area contributed by atoms with Gasteiger partial charge in [-0.1, -0.05) is 82.3 Å². The number of pyridine rings is 4. The maximum absolute atomic E-state index is 14.5. The van der Waals surface area contributed by atoms with E-state index in [1.165, 1.54) is 43.0 Å². The number of carboxylic acids is 1. The summed E-state index contributed by atoms with van der Waals surface area (Å²) < 4.78 is 140. The van der Waals surface area contributed by atoms with Crippen LogP contribution in [0.2, 0.25) is 25.1 Å². The van der Waals surface area contributed by atoms with Gasteiger partial charge < -0.3 is 41.6 Å². The Hall–Kier alpha value is -13.0. The van der Waals surface area contributed by atoms with E-state index in [0.717, 1.165) is 50.5 Å². The summed E-state index contributed by atoms with van der Waals surface area (Å²) in [6.07, 6.45) is 11.9. The molecular weight excluding hydrogens is 2200 g/mol. The molecule has 8 heterocycles. The molecule has 0 radical (unpaired) electrons. The molecule has 0 atom stereocenters. The number of nitrogens with two attached hydrogens (primary N) is 2. The van der Waals surface area contributed by atoms with Crippen LogP contribution in [0.15, 0.2) is 219 Å². The van der Waals surface area contributed by atoms with E-state index in [2.05, 4.69) is 98.6 Å². The van der Waals surface area contributed by atoms with Crippen molar-refractivity contribution in [2.24, 2.45) is 0 Å². The molecule has 29 nitrogen and oxygen atoms in total. The first-order chi connectivity index (χ1) is 63.2. The highest BCUT2D eigenvalue weighted by molar-refractivity contribution is 9.11. The normalized spacial score (nSPS) is 10.5. The first-order valence-electron chi connectivity index (χ1n) is 35.8. The Balaban J connectivity index is 0.000000178. The van der Waals surface area contributed by atoms with Crippen LogP contribution >= 0.6 is 145 Å². The van der Waals surface area contributed by atoms with Crippen LogP contribution in [0.5, 0.6) is 0 Å². The SMILES string of the molecule is Brc1cnc2[nH]ccc2c1.Nc1ccc(F)c(C(=O)c2c[nH]c3ncc(Br)cc23)c1F.Nc1ccc(F)c(C(=O)c2cn(C(=O)c3c(Cl)cccc3Cl)c3ncc(Br)cc23)c1F.O=C(Cl)c1c(Cl)cccc1Cl.O=C(Cl)c1c(F)ccc([N+](=O)[O-])c1F.O=C(O)c1c(F)ccc([N+](=O)[O-])c1F.O=C(c1c(F)ccc([N+](=O)[O-])c1F)c1c[nH]c2ncc(Br)cc12.OB(O)c1ccc(Cl)cc1. The highest BCUT2D eigenvalue weighted by atomic mass is 79.9. The number of aromatic amines is 3. The highest BCUT2D eigenvalue weighted by Crippen LogP contribution is 2.36. The van der Waals surface area contributed by atoms with Crippen molar-refractivity contribution in [2.45, 2.75) is 0 Å². The number of anilines is 2. The third kappa shape index (κ3) is 24.9. The number of H-pyrrole nitrogens is 3. The van der Waals surface area contributed by atoms with Crippen molar-refractivity contribution in [3.05, 3.63) is 388 Å². The molecule has 16 aromatic rings. The number of nitro groups is 3. The Labute approximate surface area is 810 Å². The molecule has 0 bridgehead atoms. The maximum Gasteiger partial charge on any atom is 0.488 e. The van der Waals surface area contributed by atoms with Gasteiger partial charge in [0.05, 0.1) is 74.1 Å². The lowest BCUT2D eigenvalue weighted by Crippen LogP contribution is -2.29. The fourth-order valence-electron chi connectivity index (χ4n) is 11.4. The molecule has 0 aliphatic rings. The summed E-state index contributed by atoms with van der Waals surface area (Å²) in [7, 11) is -1.41. The number of aromatic carboxylic acids is 1. The van der Waals surface area contributed by atoms with Gasteiger partial charge in [0.25, 0.3) is 16.4 Å². The van der Waals surface area contributed by atoms with Gasteiger partial charge >= 0.3 is 30.1 Å². The zero-order chi connectivity index (χ0) is 99.0. The number of carbonyl (C=O) groups excluding carboxylic acids is 6. The van der Waals surface area contributed by atoms with Gasteiger partial charge in [-0.3, -0.25) is 63.7 Å². The molecule has 8 aromatic carbocycles. The highest BCUT2D eigenvalue weighted by Gasteiger charge is 2.33. The van der Waals surface area contributed by atoms with Crippen LogP contribution in [0.1, 0.15) is 89.2 Å². The zero-order valence-corrected chi connectivity index (χ0v) is 77.1. The van der Waals surface area contributed by atoms with Crippen molar-refractivity contribution in [1.29, 1.82) is 0 Å². The van der Waals surface area contributed by atoms with E-state index in [-0.39, 0.29) is 70.3 Å². The molecule has 10 N–H and O–H groups in total. The number of halogens is 21. The lowest BCUT2D eigenvalue weighted by atomic mass is 9.81. The number of hydrogen-bond acceptors (Lipinski definition) is 21. The number of aromatic nitrogens is 8. The van der Waals surface area contributed by atoms with E-state index in [4.69, 9.17) is 108 Å². The number of ketones is 3. The predicted molar refractivity (Wildman–Crippen MR) is 491 cm³/mol. The summed E-state index contributed by atoms with van der Waals surface area (Å²) in [6.45, 7) is 0. The largest absolute Gasteiger partial charge is 0.488 e. The first kappa shape index (κ1) is 105. The van der Waals surface area contributed by atoms with E-state index in [0.29, 0.717) is 82.4 Å². The van der Waals surface area contributed by atoms with Crippen molar-refractivity contribution >= 4 is 270 Å². The van der Waals surface area contributed by atoms with E-state index >= 15 is 0 Å². The molecule has 0 saturated carbocycles. The monoisotopic (exact) mass is 2240 g/mol. The fourth-order valence-corrected chi connectivity index (χ4v) is 14.5. The molecule has 16 rings (SSSR count). The molecule has 0 aliphatic carbocycles. The molecule has 686 valence electrons. The minimum absolute atomic E-state index is 0.00670. The molecule has 134 heavy (non-hydrogen) atoms. The molecule has 8 aromatic heterocycles.